The van der Waals surface area contributed by atoms with Gasteiger partial charge >= 0.3 is 0 Å². The Morgan fingerprint density at radius 3 is 2.72 bits per heavy atom. The Morgan fingerprint density at radius 2 is 1.93 bits per heavy atom. The summed E-state index contributed by atoms with van der Waals surface area (Å²) in [6, 6.07) is 15.5. The summed E-state index contributed by atoms with van der Waals surface area (Å²) in [6.45, 7) is 2.64. The molecule has 0 atom stereocenters. The maximum Gasteiger partial charge on any atom is 0.294 e. The first-order valence-electron chi connectivity index (χ1n) is 9.89. The van der Waals surface area contributed by atoms with Crippen LogP contribution in [0.4, 0.5) is 0 Å². The lowest BCUT2D eigenvalue weighted by Gasteiger charge is -2.08. The Labute approximate surface area is 167 Å². The third-order valence-electron chi connectivity index (χ3n) is 4.93. The summed E-state index contributed by atoms with van der Waals surface area (Å²) in [5.74, 6) is 0.593. The molecule has 0 fully saturated rings. The van der Waals surface area contributed by atoms with Crippen molar-refractivity contribution in [3.8, 4) is 0 Å². The SMILES string of the molecule is CCCc1nnc2c(=O)[nH]c3cc(C(=O)NCCCc4ccccc4)ccc3n12. The molecular formula is C22H23N5O2. The van der Waals surface area contributed by atoms with Crippen LogP contribution in [0.15, 0.2) is 53.3 Å². The van der Waals surface area contributed by atoms with Crippen molar-refractivity contribution in [3.05, 3.63) is 75.8 Å². The third kappa shape index (κ3) is 3.89. The topological polar surface area (TPSA) is 92.2 Å². The van der Waals surface area contributed by atoms with Crippen LogP contribution in [0, 0.1) is 0 Å². The van der Waals surface area contributed by atoms with Gasteiger partial charge in [0.2, 0.25) is 5.65 Å². The van der Waals surface area contributed by atoms with Crippen molar-refractivity contribution in [1.29, 1.82) is 0 Å². The van der Waals surface area contributed by atoms with Gasteiger partial charge in [0.15, 0.2) is 0 Å². The van der Waals surface area contributed by atoms with E-state index in [1.165, 1.54) is 5.56 Å². The van der Waals surface area contributed by atoms with Crippen LogP contribution in [-0.2, 0) is 12.8 Å². The summed E-state index contributed by atoms with van der Waals surface area (Å²) in [4.78, 5) is 27.7. The number of hydrogen-bond donors (Lipinski definition) is 2. The fourth-order valence-corrected chi connectivity index (χ4v) is 3.49. The van der Waals surface area contributed by atoms with Crippen LogP contribution in [0.1, 0.15) is 41.5 Å². The van der Waals surface area contributed by atoms with Gasteiger partial charge in [-0.25, -0.2) is 0 Å². The molecule has 1 amide bonds. The number of hydrogen-bond acceptors (Lipinski definition) is 4. The van der Waals surface area contributed by atoms with Gasteiger partial charge in [-0.2, -0.15) is 0 Å². The molecule has 7 nitrogen and oxygen atoms in total. The first-order valence-corrected chi connectivity index (χ1v) is 9.89. The Hall–Kier alpha value is -3.48. The second-order valence-corrected chi connectivity index (χ2v) is 7.06. The fourth-order valence-electron chi connectivity index (χ4n) is 3.49. The molecule has 7 heteroatoms. The van der Waals surface area contributed by atoms with Crippen molar-refractivity contribution in [2.24, 2.45) is 0 Å². The van der Waals surface area contributed by atoms with Crippen molar-refractivity contribution in [3.63, 3.8) is 0 Å². The van der Waals surface area contributed by atoms with E-state index in [-0.39, 0.29) is 17.1 Å². The molecule has 148 valence electrons. The number of carbonyl (C=O) groups is 1. The lowest BCUT2D eigenvalue weighted by atomic mass is 10.1. The Balaban J connectivity index is 1.52. The molecule has 0 spiro atoms. The molecule has 29 heavy (non-hydrogen) atoms. The third-order valence-corrected chi connectivity index (χ3v) is 4.93. The molecule has 0 saturated heterocycles. The second-order valence-electron chi connectivity index (χ2n) is 7.06. The molecule has 2 N–H and O–H groups in total. The van der Waals surface area contributed by atoms with E-state index in [9.17, 15) is 9.59 Å². The van der Waals surface area contributed by atoms with Gasteiger partial charge in [0.05, 0.1) is 11.0 Å². The summed E-state index contributed by atoms with van der Waals surface area (Å²) in [5, 5.41) is 11.1. The number of fused-ring (bicyclic) bond motifs is 3. The molecule has 0 saturated carbocycles. The lowest BCUT2D eigenvalue weighted by molar-refractivity contribution is 0.0953. The van der Waals surface area contributed by atoms with Gasteiger partial charge in [0, 0.05) is 18.5 Å². The van der Waals surface area contributed by atoms with Gasteiger partial charge in [0.25, 0.3) is 11.5 Å². The number of nitrogens with zero attached hydrogens (tertiary/aromatic N) is 3. The number of aromatic nitrogens is 4. The van der Waals surface area contributed by atoms with Crippen LogP contribution < -0.4 is 10.9 Å². The van der Waals surface area contributed by atoms with Crippen molar-refractivity contribution >= 4 is 22.6 Å². The first kappa shape index (κ1) is 18.9. The zero-order valence-electron chi connectivity index (χ0n) is 16.3. The summed E-state index contributed by atoms with van der Waals surface area (Å²) < 4.78 is 1.78. The highest BCUT2D eigenvalue weighted by molar-refractivity contribution is 5.97. The molecule has 0 unspecified atom stereocenters. The smallest absolute Gasteiger partial charge is 0.294 e. The van der Waals surface area contributed by atoms with Gasteiger partial charge in [-0.15, -0.1) is 10.2 Å². The van der Waals surface area contributed by atoms with Gasteiger partial charge in [-0.3, -0.25) is 14.0 Å². The van der Waals surface area contributed by atoms with Crippen LogP contribution in [0.2, 0.25) is 0 Å². The number of aryl methyl sites for hydroxylation is 2. The van der Waals surface area contributed by atoms with E-state index in [0.717, 1.165) is 37.0 Å². The maximum absolute atomic E-state index is 12.5. The largest absolute Gasteiger partial charge is 0.352 e. The summed E-state index contributed by atoms with van der Waals surface area (Å²) >= 11 is 0. The monoisotopic (exact) mass is 389 g/mol. The van der Waals surface area contributed by atoms with Crippen LogP contribution in [-0.4, -0.2) is 32.0 Å². The Morgan fingerprint density at radius 1 is 1.10 bits per heavy atom. The minimum absolute atomic E-state index is 0.154. The molecule has 4 aromatic rings. The van der Waals surface area contributed by atoms with E-state index in [1.54, 1.807) is 16.5 Å². The fraction of sp³-hybridized carbons (Fsp3) is 0.273. The van der Waals surface area contributed by atoms with E-state index >= 15 is 0 Å². The molecule has 2 aromatic heterocycles. The van der Waals surface area contributed by atoms with E-state index in [2.05, 4.69) is 39.6 Å². The molecule has 0 aliphatic carbocycles. The Kier molecular flexibility index (Phi) is 5.37. The average molecular weight is 389 g/mol. The van der Waals surface area contributed by atoms with E-state index in [0.29, 0.717) is 17.6 Å². The molecule has 0 bridgehead atoms. The first-order chi connectivity index (χ1) is 14.2. The second kappa shape index (κ2) is 8.26. The lowest BCUT2D eigenvalue weighted by Crippen LogP contribution is -2.25. The Bertz CT molecular complexity index is 1210. The van der Waals surface area contributed by atoms with Crippen molar-refractivity contribution < 1.29 is 4.79 Å². The van der Waals surface area contributed by atoms with Crippen LogP contribution in [0.3, 0.4) is 0 Å². The predicted molar refractivity (Wildman–Crippen MR) is 112 cm³/mol. The number of rotatable bonds is 7. The number of amides is 1. The molecule has 0 aliphatic rings. The highest BCUT2D eigenvalue weighted by Crippen LogP contribution is 2.16. The zero-order valence-corrected chi connectivity index (χ0v) is 16.3. The van der Waals surface area contributed by atoms with Gasteiger partial charge in [-0.1, -0.05) is 37.3 Å². The standard InChI is InChI=1S/C22H23N5O2/c1-2-7-19-25-26-20-22(29)24-17-14-16(11-12-18(17)27(19)20)21(28)23-13-6-10-15-8-4-3-5-9-15/h3-5,8-9,11-12,14H,2,6-7,10,13H2,1H3,(H,23,28)(H,24,29). The quantitative estimate of drug-likeness (QED) is 0.476. The molecule has 2 aromatic carbocycles. The van der Waals surface area contributed by atoms with Gasteiger partial charge in [0.1, 0.15) is 5.82 Å². The highest BCUT2D eigenvalue weighted by Gasteiger charge is 2.14. The number of benzene rings is 2. The van der Waals surface area contributed by atoms with E-state index in [4.69, 9.17) is 0 Å². The summed E-state index contributed by atoms with van der Waals surface area (Å²) in [7, 11) is 0. The summed E-state index contributed by atoms with van der Waals surface area (Å²) in [5.41, 5.74) is 3.11. The maximum atomic E-state index is 12.5. The van der Waals surface area contributed by atoms with Crippen molar-refractivity contribution in [2.45, 2.75) is 32.6 Å². The van der Waals surface area contributed by atoms with E-state index < -0.39 is 0 Å². The zero-order chi connectivity index (χ0) is 20.2. The normalized spacial score (nSPS) is 11.2. The number of aromatic amines is 1. The van der Waals surface area contributed by atoms with Crippen LogP contribution >= 0.6 is 0 Å². The van der Waals surface area contributed by atoms with Crippen LogP contribution in [0.5, 0.6) is 0 Å². The molecular weight excluding hydrogens is 366 g/mol. The van der Waals surface area contributed by atoms with Gasteiger partial charge < -0.3 is 10.3 Å². The molecule has 0 radical (unpaired) electrons. The number of carbonyl (C=O) groups excluding carboxylic acids is 1. The van der Waals surface area contributed by atoms with E-state index in [1.807, 2.05) is 24.3 Å². The average Bonchev–Trinajstić information content (AvgIpc) is 3.16. The molecule has 2 heterocycles. The number of H-pyrrole nitrogens is 1. The minimum atomic E-state index is -0.312. The van der Waals surface area contributed by atoms with Crippen molar-refractivity contribution in [2.75, 3.05) is 6.54 Å². The molecule has 0 aliphatic heterocycles. The molecule has 4 rings (SSSR count). The predicted octanol–water partition coefficient (Wildman–Crippen LogP) is 2.89. The van der Waals surface area contributed by atoms with Crippen molar-refractivity contribution in [1.82, 2.24) is 24.9 Å². The highest BCUT2D eigenvalue weighted by atomic mass is 16.1. The minimum Gasteiger partial charge on any atom is -0.352 e. The van der Waals surface area contributed by atoms with Gasteiger partial charge in [-0.05, 0) is 43.0 Å². The van der Waals surface area contributed by atoms with Crippen LogP contribution in [0.25, 0.3) is 16.7 Å². The number of nitrogens with one attached hydrogen (secondary N) is 2. The summed E-state index contributed by atoms with van der Waals surface area (Å²) in [6.07, 6.45) is 3.40.